The van der Waals surface area contributed by atoms with E-state index in [1.807, 2.05) is 0 Å². The van der Waals surface area contributed by atoms with Gasteiger partial charge in [-0.1, -0.05) is 29.4 Å². The van der Waals surface area contributed by atoms with Gasteiger partial charge in [0.25, 0.3) is 10.0 Å². The molecule has 1 saturated heterocycles. The van der Waals surface area contributed by atoms with Gasteiger partial charge in [-0.15, -0.1) is 0 Å². The van der Waals surface area contributed by atoms with Crippen molar-refractivity contribution in [3.63, 3.8) is 0 Å². The Balaban J connectivity index is 2.43. The Kier molecular flexibility index (Phi) is 4.14. The molecule has 0 radical (unpaired) electrons. The molecule has 2 heterocycles. The van der Waals surface area contributed by atoms with Gasteiger partial charge < -0.3 is 5.73 Å². The minimum atomic E-state index is -3.76. The first-order valence-corrected chi connectivity index (χ1v) is 8.41. The van der Waals surface area contributed by atoms with Crippen molar-refractivity contribution in [3.05, 3.63) is 10.2 Å². The molecule has 1 atom stereocenters. The molecule has 2 rings (SSSR count). The average molecular weight is 324 g/mol. The molecular formula is C10H14ClN3O3S2. The van der Waals surface area contributed by atoms with E-state index in [-0.39, 0.29) is 8.68 Å². The number of primary amides is 1. The van der Waals surface area contributed by atoms with Crippen LogP contribution in [0, 0.1) is 6.92 Å². The molecule has 1 aliphatic rings. The quantitative estimate of drug-likeness (QED) is 0.902. The van der Waals surface area contributed by atoms with E-state index < -0.39 is 22.0 Å². The van der Waals surface area contributed by atoms with Crippen LogP contribution in [-0.2, 0) is 14.8 Å². The predicted octanol–water partition coefficient (Wildman–Crippen LogP) is 1.13. The molecule has 0 spiro atoms. The number of nitrogens with two attached hydrogens (primary N) is 1. The van der Waals surface area contributed by atoms with Crippen LogP contribution in [0.3, 0.4) is 0 Å². The van der Waals surface area contributed by atoms with Gasteiger partial charge in [0.1, 0.15) is 6.04 Å². The summed E-state index contributed by atoms with van der Waals surface area (Å²) in [6.45, 7) is 1.88. The minimum Gasteiger partial charge on any atom is -0.368 e. The highest BCUT2D eigenvalue weighted by atomic mass is 35.5. The molecule has 1 amide bonds. The Labute approximate surface area is 120 Å². The third-order valence-electron chi connectivity index (χ3n) is 3.05. The number of sulfonamides is 1. The molecule has 1 aromatic heterocycles. The number of amides is 1. The number of halogens is 1. The van der Waals surface area contributed by atoms with E-state index in [1.165, 1.54) is 4.31 Å². The van der Waals surface area contributed by atoms with Crippen LogP contribution in [0.25, 0.3) is 0 Å². The van der Waals surface area contributed by atoms with Crippen LogP contribution in [0.15, 0.2) is 4.21 Å². The van der Waals surface area contributed by atoms with E-state index >= 15 is 0 Å². The zero-order valence-electron chi connectivity index (χ0n) is 10.3. The maximum absolute atomic E-state index is 12.6. The summed E-state index contributed by atoms with van der Waals surface area (Å²) in [7, 11) is -3.76. The number of hydrogen-bond donors (Lipinski definition) is 1. The van der Waals surface area contributed by atoms with Gasteiger partial charge in [-0.05, 0) is 19.8 Å². The summed E-state index contributed by atoms with van der Waals surface area (Å²) in [6.07, 6.45) is 1.97. The summed E-state index contributed by atoms with van der Waals surface area (Å²) >= 11 is 6.64. The molecule has 0 bridgehead atoms. The fourth-order valence-corrected chi connectivity index (χ4v) is 5.69. The highest BCUT2D eigenvalue weighted by Crippen LogP contribution is 2.32. The maximum Gasteiger partial charge on any atom is 0.255 e. The molecule has 106 valence electrons. The summed E-state index contributed by atoms with van der Waals surface area (Å²) in [5, 5.41) is 0. The van der Waals surface area contributed by atoms with Gasteiger partial charge in [0, 0.05) is 6.54 Å². The Bertz CT molecular complexity index is 599. The van der Waals surface area contributed by atoms with Gasteiger partial charge in [0.15, 0.2) is 8.68 Å². The van der Waals surface area contributed by atoms with Crippen molar-refractivity contribution in [3.8, 4) is 0 Å². The molecule has 19 heavy (non-hydrogen) atoms. The number of nitrogens with zero attached hydrogens (tertiary/aromatic N) is 2. The van der Waals surface area contributed by atoms with E-state index in [9.17, 15) is 13.2 Å². The fourth-order valence-electron chi connectivity index (χ4n) is 2.17. The van der Waals surface area contributed by atoms with E-state index in [0.717, 1.165) is 17.8 Å². The van der Waals surface area contributed by atoms with Crippen LogP contribution in [0.5, 0.6) is 0 Å². The molecule has 6 nitrogen and oxygen atoms in total. The van der Waals surface area contributed by atoms with Gasteiger partial charge in [-0.3, -0.25) is 4.79 Å². The molecular weight excluding hydrogens is 310 g/mol. The number of rotatable bonds is 3. The average Bonchev–Trinajstić information content (AvgIpc) is 2.69. The molecule has 9 heteroatoms. The number of hydrogen-bond acceptors (Lipinski definition) is 5. The van der Waals surface area contributed by atoms with Gasteiger partial charge in [0.05, 0.1) is 5.69 Å². The lowest BCUT2D eigenvalue weighted by Gasteiger charge is -2.32. The summed E-state index contributed by atoms with van der Waals surface area (Å²) in [5.41, 5.74) is 5.64. The number of carbonyl (C=O) groups is 1. The summed E-state index contributed by atoms with van der Waals surface area (Å²) in [6, 6.07) is -0.779. The largest absolute Gasteiger partial charge is 0.368 e. The predicted molar refractivity (Wildman–Crippen MR) is 72.6 cm³/mol. The molecule has 2 N–H and O–H groups in total. The minimum absolute atomic E-state index is 0.0886. The maximum atomic E-state index is 12.6. The lowest BCUT2D eigenvalue weighted by Crippen LogP contribution is -2.50. The van der Waals surface area contributed by atoms with Crippen LogP contribution in [0.1, 0.15) is 25.0 Å². The Morgan fingerprint density at radius 1 is 1.53 bits per heavy atom. The highest BCUT2D eigenvalue weighted by Gasteiger charge is 2.38. The van der Waals surface area contributed by atoms with E-state index in [1.54, 1.807) is 6.92 Å². The first-order valence-electron chi connectivity index (χ1n) is 5.78. The lowest BCUT2D eigenvalue weighted by atomic mass is 10.0. The first kappa shape index (κ1) is 14.7. The second kappa shape index (κ2) is 5.35. The van der Waals surface area contributed by atoms with Gasteiger partial charge in [-0.25, -0.2) is 13.4 Å². The molecule has 1 aromatic rings. The zero-order chi connectivity index (χ0) is 14.2. The van der Waals surface area contributed by atoms with E-state index in [4.69, 9.17) is 17.3 Å². The van der Waals surface area contributed by atoms with Crippen molar-refractivity contribution < 1.29 is 13.2 Å². The molecule has 1 unspecified atom stereocenters. The molecule has 1 aliphatic heterocycles. The summed E-state index contributed by atoms with van der Waals surface area (Å²) in [5.74, 6) is -0.614. The van der Waals surface area contributed by atoms with Crippen molar-refractivity contribution in [2.45, 2.75) is 36.4 Å². The van der Waals surface area contributed by atoms with Gasteiger partial charge >= 0.3 is 0 Å². The van der Waals surface area contributed by atoms with Crippen molar-refractivity contribution >= 4 is 38.9 Å². The van der Waals surface area contributed by atoms with Crippen molar-refractivity contribution in [2.24, 2.45) is 5.73 Å². The van der Waals surface area contributed by atoms with Crippen molar-refractivity contribution in [1.29, 1.82) is 0 Å². The van der Waals surface area contributed by atoms with Crippen molar-refractivity contribution in [2.75, 3.05) is 6.54 Å². The number of aryl methyl sites for hydroxylation is 1. The second-order valence-electron chi connectivity index (χ2n) is 4.37. The lowest BCUT2D eigenvalue weighted by molar-refractivity contribution is -0.122. The van der Waals surface area contributed by atoms with Crippen LogP contribution < -0.4 is 5.73 Å². The number of thiazole rings is 1. The second-order valence-corrected chi connectivity index (χ2v) is 8.04. The third-order valence-corrected chi connectivity index (χ3v) is 6.81. The normalized spacial score (nSPS) is 21.5. The van der Waals surface area contributed by atoms with Crippen LogP contribution in [0.4, 0.5) is 0 Å². The van der Waals surface area contributed by atoms with Crippen LogP contribution in [0.2, 0.25) is 4.47 Å². The standard InChI is InChI=1S/C10H14ClN3O3S2/c1-6-9(18-10(11)13-6)19(16,17)14-5-3-2-4-7(14)8(12)15/h7H,2-5H2,1H3,(H2,12,15). The zero-order valence-corrected chi connectivity index (χ0v) is 12.7. The van der Waals surface area contributed by atoms with Crippen LogP contribution >= 0.6 is 22.9 Å². The molecule has 0 aromatic carbocycles. The number of carbonyl (C=O) groups excluding carboxylic acids is 1. The van der Waals surface area contributed by atoms with E-state index in [0.29, 0.717) is 25.1 Å². The SMILES string of the molecule is Cc1nc(Cl)sc1S(=O)(=O)N1CCCCC1C(N)=O. The molecule has 0 aliphatic carbocycles. The number of aromatic nitrogens is 1. The Morgan fingerprint density at radius 2 is 2.21 bits per heavy atom. The Morgan fingerprint density at radius 3 is 2.74 bits per heavy atom. The van der Waals surface area contributed by atoms with Crippen LogP contribution in [-0.4, -0.2) is 36.2 Å². The first-order chi connectivity index (χ1) is 8.84. The number of piperidine rings is 1. The summed E-state index contributed by atoms with van der Waals surface area (Å²) in [4.78, 5) is 15.3. The fraction of sp³-hybridized carbons (Fsp3) is 0.600. The van der Waals surface area contributed by atoms with Crippen molar-refractivity contribution in [1.82, 2.24) is 9.29 Å². The van der Waals surface area contributed by atoms with Gasteiger partial charge in [-0.2, -0.15) is 4.31 Å². The monoisotopic (exact) mass is 323 g/mol. The highest BCUT2D eigenvalue weighted by molar-refractivity contribution is 7.91. The van der Waals surface area contributed by atoms with Gasteiger partial charge in [0.2, 0.25) is 5.91 Å². The Hall–Kier alpha value is -0.700. The smallest absolute Gasteiger partial charge is 0.255 e. The molecule has 0 saturated carbocycles. The summed E-state index contributed by atoms with van der Waals surface area (Å²) < 4.78 is 26.6. The molecule has 1 fully saturated rings. The third kappa shape index (κ3) is 2.76. The van der Waals surface area contributed by atoms with E-state index in [2.05, 4.69) is 4.98 Å². The topological polar surface area (TPSA) is 93.4 Å².